The molecule has 0 spiro atoms. The van der Waals surface area contributed by atoms with Gasteiger partial charge in [0.15, 0.2) is 0 Å². The molecule has 3 rings (SSSR count). The van der Waals surface area contributed by atoms with Gasteiger partial charge in [0.05, 0.1) is 6.04 Å². The van der Waals surface area contributed by atoms with Crippen molar-refractivity contribution in [3.63, 3.8) is 0 Å². The number of fused-ring (bicyclic) bond motifs is 1. The van der Waals surface area contributed by atoms with Gasteiger partial charge in [0.25, 0.3) is 0 Å². The van der Waals surface area contributed by atoms with Gasteiger partial charge in [0.1, 0.15) is 23.9 Å². The van der Waals surface area contributed by atoms with Crippen molar-refractivity contribution in [1.29, 1.82) is 0 Å². The summed E-state index contributed by atoms with van der Waals surface area (Å²) in [5.41, 5.74) is 13.6. The van der Waals surface area contributed by atoms with E-state index in [1.54, 1.807) is 18.3 Å². The molecule has 0 radical (unpaired) electrons. The number of carbonyl (C=O) groups excluding carboxylic acids is 4. The summed E-state index contributed by atoms with van der Waals surface area (Å²) in [4.78, 5) is 66.1. The lowest BCUT2D eigenvalue weighted by atomic mass is 10.0. The number of H-pyrrole nitrogens is 1. The molecule has 1 aromatic heterocycles. The van der Waals surface area contributed by atoms with Gasteiger partial charge in [0, 0.05) is 29.9 Å². The summed E-state index contributed by atoms with van der Waals surface area (Å²) in [6, 6.07) is 9.04. The van der Waals surface area contributed by atoms with E-state index in [1.807, 2.05) is 30.5 Å². The Labute approximate surface area is 258 Å². The zero-order valence-corrected chi connectivity index (χ0v) is 25.1. The number of phenolic OH excluding ortho intramolecular Hbond substituents is 1. The molecule has 0 aliphatic heterocycles. The normalized spacial score (nSPS) is 13.8. The monoisotopic (exact) mass is 626 g/mol. The fraction of sp³-hybridized carbons (Fsp3) is 0.367. The number of aromatic nitrogens is 1. The van der Waals surface area contributed by atoms with Crippen LogP contribution in [0.5, 0.6) is 5.75 Å². The van der Waals surface area contributed by atoms with Crippen LogP contribution in [0.3, 0.4) is 0 Å². The summed E-state index contributed by atoms with van der Waals surface area (Å²) < 4.78 is 0. The number of amides is 4. The molecule has 0 saturated carbocycles. The molecule has 3 aromatic rings. The number of rotatable bonds is 17. The first kappa shape index (κ1) is 33.9. The summed E-state index contributed by atoms with van der Waals surface area (Å²) in [6.07, 6.45) is 3.49. The summed E-state index contributed by atoms with van der Waals surface area (Å²) in [6.45, 7) is 0. The van der Waals surface area contributed by atoms with E-state index >= 15 is 0 Å². The lowest BCUT2D eigenvalue weighted by Gasteiger charge is -2.25. The second-order valence-electron chi connectivity index (χ2n) is 10.3. The Hall–Kier alpha value is -4.56. The number of phenols is 1. The second-order valence-corrected chi connectivity index (χ2v) is 11.3. The molecule has 4 unspecified atom stereocenters. The Bertz CT molecular complexity index is 1460. The van der Waals surface area contributed by atoms with Crippen LogP contribution in [0.1, 0.15) is 30.4 Å². The Morgan fingerprint density at radius 1 is 0.864 bits per heavy atom. The average Bonchev–Trinajstić information content (AvgIpc) is 3.40. The van der Waals surface area contributed by atoms with Gasteiger partial charge in [-0.3, -0.25) is 19.2 Å². The molecule has 1 heterocycles. The van der Waals surface area contributed by atoms with E-state index in [4.69, 9.17) is 11.5 Å². The average molecular weight is 627 g/mol. The molecule has 2 aromatic carbocycles. The number of nitrogens with one attached hydrogen (secondary N) is 4. The standard InChI is InChI=1S/C30H38N6O7S/c1-44-13-12-23(28(40)35-24(30(42)43)10-11-26(32)38)34-29(41)25(15-18-16-33-22-5-3-2-4-20(18)22)36-27(39)21(31)14-17-6-8-19(37)9-7-17/h2-9,16,21,23-25,33,37H,10-15,31H2,1H3,(H2,32,38)(H,34,41)(H,35,40)(H,36,39)(H,42,43). The maximum atomic E-state index is 13.7. The van der Waals surface area contributed by atoms with E-state index in [2.05, 4.69) is 20.9 Å². The summed E-state index contributed by atoms with van der Waals surface area (Å²) in [7, 11) is 0. The number of aromatic hydroxyl groups is 1. The van der Waals surface area contributed by atoms with Gasteiger partial charge in [-0.25, -0.2) is 4.79 Å². The molecule has 4 amide bonds. The van der Waals surface area contributed by atoms with Gasteiger partial charge in [-0.2, -0.15) is 11.8 Å². The highest BCUT2D eigenvalue weighted by Gasteiger charge is 2.31. The number of para-hydroxylation sites is 1. The number of benzene rings is 2. The van der Waals surface area contributed by atoms with E-state index in [0.29, 0.717) is 11.3 Å². The third kappa shape index (κ3) is 10.0. The molecule has 0 saturated heterocycles. The van der Waals surface area contributed by atoms with Crippen molar-refractivity contribution in [2.75, 3.05) is 12.0 Å². The SMILES string of the molecule is CSCCC(NC(=O)C(Cc1c[nH]c2ccccc12)NC(=O)C(N)Cc1ccc(O)cc1)C(=O)NC(CCC(N)=O)C(=O)O. The van der Waals surface area contributed by atoms with E-state index in [1.165, 1.54) is 23.9 Å². The van der Waals surface area contributed by atoms with Gasteiger partial charge in [0.2, 0.25) is 23.6 Å². The van der Waals surface area contributed by atoms with Gasteiger partial charge in [-0.1, -0.05) is 30.3 Å². The van der Waals surface area contributed by atoms with Gasteiger partial charge in [-0.05, 0) is 60.6 Å². The molecular formula is C30H38N6O7S. The number of thioether (sulfide) groups is 1. The highest BCUT2D eigenvalue weighted by molar-refractivity contribution is 7.98. The van der Waals surface area contributed by atoms with Crippen molar-refractivity contribution in [3.8, 4) is 5.75 Å². The van der Waals surface area contributed by atoms with Crippen LogP contribution in [0.15, 0.2) is 54.7 Å². The fourth-order valence-electron chi connectivity index (χ4n) is 4.58. The van der Waals surface area contributed by atoms with Gasteiger partial charge in [-0.15, -0.1) is 0 Å². The van der Waals surface area contributed by atoms with Crippen LogP contribution >= 0.6 is 11.8 Å². The highest BCUT2D eigenvalue weighted by atomic mass is 32.2. The minimum absolute atomic E-state index is 0.0702. The zero-order chi connectivity index (χ0) is 32.2. The van der Waals surface area contributed by atoms with Crippen molar-refractivity contribution in [1.82, 2.24) is 20.9 Å². The molecule has 236 valence electrons. The second kappa shape index (κ2) is 16.3. The van der Waals surface area contributed by atoms with E-state index in [9.17, 15) is 34.2 Å². The third-order valence-corrected chi connectivity index (χ3v) is 7.64. The summed E-state index contributed by atoms with van der Waals surface area (Å²) >= 11 is 1.43. The zero-order valence-electron chi connectivity index (χ0n) is 24.2. The molecule has 0 aliphatic rings. The minimum Gasteiger partial charge on any atom is -0.508 e. The molecule has 4 atom stereocenters. The molecule has 0 fully saturated rings. The smallest absolute Gasteiger partial charge is 0.326 e. The van der Waals surface area contributed by atoms with Crippen molar-refractivity contribution in [3.05, 3.63) is 65.9 Å². The van der Waals surface area contributed by atoms with Gasteiger partial charge < -0.3 is 42.6 Å². The number of carboxylic acid groups (broad SMARTS) is 1. The van der Waals surface area contributed by atoms with Crippen LogP contribution in [0.2, 0.25) is 0 Å². The van der Waals surface area contributed by atoms with Crippen LogP contribution < -0.4 is 27.4 Å². The quantitative estimate of drug-likeness (QED) is 0.104. The molecule has 44 heavy (non-hydrogen) atoms. The number of carbonyl (C=O) groups is 5. The van der Waals surface area contributed by atoms with Gasteiger partial charge >= 0.3 is 5.97 Å². The maximum absolute atomic E-state index is 13.7. The number of hydrogen-bond acceptors (Lipinski definition) is 8. The van der Waals surface area contributed by atoms with Crippen molar-refractivity contribution < 1.29 is 34.2 Å². The Balaban J connectivity index is 1.81. The van der Waals surface area contributed by atoms with Crippen LogP contribution in [-0.2, 0) is 36.8 Å². The lowest BCUT2D eigenvalue weighted by molar-refractivity contribution is -0.142. The molecule has 0 bridgehead atoms. The maximum Gasteiger partial charge on any atom is 0.326 e. The summed E-state index contributed by atoms with van der Waals surface area (Å²) in [5.74, 6) is -3.52. The molecule has 10 N–H and O–H groups in total. The first-order valence-electron chi connectivity index (χ1n) is 14.0. The molecule has 0 aliphatic carbocycles. The van der Waals surface area contributed by atoms with Crippen LogP contribution in [0, 0.1) is 0 Å². The third-order valence-electron chi connectivity index (χ3n) is 7.00. The Morgan fingerprint density at radius 3 is 2.16 bits per heavy atom. The number of carboxylic acids is 1. The predicted octanol–water partition coefficient (Wildman–Crippen LogP) is 0.544. The number of aliphatic carboxylic acids is 1. The van der Waals surface area contributed by atoms with Crippen molar-refractivity contribution in [2.24, 2.45) is 11.5 Å². The predicted molar refractivity (Wildman–Crippen MR) is 167 cm³/mol. The highest BCUT2D eigenvalue weighted by Crippen LogP contribution is 2.20. The van der Waals surface area contributed by atoms with E-state index in [0.717, 1.165) is 16.5 Å². The lowest BCUT2D eigenvalue weighted by Crippen LogP contribution is -2.58. The Kier molecular flexibility index (Phi) is 12.6. The summed E-state index contributed by atoms with van der Waals surface area (Å²) in [5, 5.41) is 27.7. The Morgan fingerprint density at radius 2 is 1.50 bits per heavy atom. The number of aromatic amines is 1. The first-order chi connectivity index (χ1) is 21.0. The number of primary amides is 1. The van der Waals surface area contributed by atoms with E-state index in [-0.39, 0.29) is 37.9 Å². The topological polar surface area (TPSA) is 230 Å². The van der Waals surface area contributed by atoms with E-state index < -0.39 is 53.8 Å². The van der Waals surface area contributed by atoms with Crippen molar-refractivity contribution >= 4 is 52.3 Å². The number of hydrogen-bond donors (Lipinski definition) is 8. The largest absolute Gasteiger partial charge is 0.508 e. The first-order valence-corrected chi connectivity index (χ1v) is 15.4. The fourth-order valence-corrected chi connectivity index (χ4v) is 5.05. The van der Waals surface area contributed by atoms with Crippen LogP contribution in [0.25, 0.3) is 10.9 Å². The van der Waals surface area contributed by atoms with Crippen LogP contribution in [0.4, 0.5) is 0 Å². The molecule has 13 nitrogen and oxygen atoms in total. The van der Waals surface area contributed by atoms with Crippen molar-refractivity contribution in [2.45, 2.75) is 56.3 Å². The molecular weight excluding hydrogens is 588 g/mol. The minimum atomic E-state index is -1.39. The molecule has 14 heteroatoms. The van der Waals surface area contributed by atoms with Crippen LogP contribution in [-0.4, -0.2) is 81.0 Å². The number of nitrogens with two attached hydrogens (primary N) is 2.